The number of nitrogens with zero attached hydrogens (tertiary/aromatic N) is 1. The number of hydrogen-bond donors (Lipinski definition) is 2. The minimum absolute atomic E-state index is 0.0141. The minimum Gasteiger partial charge on any atom is -0.497 e. The number of methoxy groups -OCH3 is 1. The van der Waals surface area contributed by atoms with E-state index in [4.69, 9.17) is 4.74 Å². The van der Waals surface area contributed by atoms with Gasteiger partial charge in [-0.15, -0.1) is 0 Å². The summed E-state index contributed by atoms with van der Waals surface area (Å²) in [4.78, 5) is 14.2. The molecule has 2 N–H and O–H groups in total. The molecule has 3 aromatic carbocycles. The van der Waals surface area contributed by atoms with Crippen molar-refractivity contribution in [3.8, 4) is 5.75 Å². The molecule has 0 aliphatic rings. The molecule has 3 aromatic rings. The van der Waals surface area contributed by atoms with Gasteiger partial charge in [-0.05, 0) is 67.1 Å². The Balaban J connectivity index is 1.83. The highest BCUT2D eigenvalue weighted by Crippen LogP contribution is 2.25. The largest absolute Gasteiger partial charge is 0.497 e. The lowest BCUT2D eigenvalue weighted by molar-refractivity contribution is 0.102. The molecule has 0 aliphatic heterocycles. The van der Waals surface area contributed by atoms with Gasteiger partial charge in [0.1, 0.15) is 11.6 Å². The summed E-state index contributed by atoms with van der Waals surface area (Å²) in [5, 5.41) is 2.62. The Hall–Kier alpha value is -3.59. The van der Waals surface area contributed by atoms with Gasteiger partial charge in [0.25, 0.3) is 15.9 Å². The van der Waals surface area contributed by atoms with Gasteiger partial charge in [-0.2, -0.15) is 0 Å². The van der Waals surface area contributed by atoms with Crippen molar-refractivity contribution in [3.63, 3.8) is 0 Å². The summed E-state index contributed by atoms with van der Waals surface area (Å²) < 4.78 is 47.6. The Morgan fingerprint density at radius 2 is 1.62 bits per heavy atom. The maximum Gasteiger partial charge on any atom is 0.262 e. The molecule has 0 radical (unpaired) electrons. The van der Waals surface area contributed by atoms with E-state index in [1.807, 2.05) is 0 Å². The number of hydrogen-bond acceptors (Lipinski definition) is 5. The van der Waals surface area contributed by atoms with E-state index in [-0.39, 0.29) is 16.1 Å². The molecule has 0 aliphatic carbocycles. The molecule has 0 atom stereocenters. The van der Waals surface area contributed by atoms with Crippen LogP contribution in [-0.2, 0) is 10.0 Å². The van der Waals surface area contributed by atoms with Crippen molar-refractivity contribution < 1.29 is 22.3 Å². The van der Waals surface area contributed by atoms with Crippen molar-refractivity contribution >= 4 is 33.0 Å². The SMILES string of the molecule is COc1ccc(NS(=O)(=O)c2cc(NC(=O)c3ccc(N(C)C)c(F)c3)ccc2C)cc1. The van der Waals surface area contributed by atoms with Gasteiger partial charge in [0.2, 0.25) is 0 Å². The predicted octanol–water partition coefficient (Wildman–Crippen LogP) is 4.26. The molecular weight excluding hydrogens is 433 g/mol. The maximum atomic E-state index is 14.2. The van der Waals surface area contributed by atoms with Gasteiger partial charge in [0, 0.05) is 31.0 Å². The van der Waals surface area contributed by atoms with Gasteiger partial charge in [0.05, 0.1) is 17.7 Å². The molecule has 0 saturated heterocycles. The summed E-state index contributed by atoms with van der Waals surface area (Å²) in [5.41, 5.74) is 1.62. The second-order valence-corrected chi connectivity index (χ2v) is 8.98. The third kappa shape index (κ3) is 5.17. The van der Waals surface area contributed by atoms with E-state index in [2.05, 4.69) is 10.0 Å². The van der Waals surface area contributed by atoms with Crippen LogP contribution in [0.3, 0.4) is 0 Å². The summed E-state index contributed by atoms with van der Waals surface area (Å²) >= 11 is 0. The summed E-state index contributed by atoms with van der Waals surface area (Å²) in [7, 11) is 1.01. The zero-order valence-electron chi connectivity index (χ0n) is 18.1. The molecule has 1 amide bonds. The molecule has 0 aromatic heterocycles. The number of sulfonamides is 1. The van der Waals surface area contributed by atoms with Crippen LogP contribution in [0.4, 0.5) is 21.5 Å². The fourth-order valence-electron chi connectivity index (χ4n) is 3.05. The van der Waals surface area contributed by atoms with E-state index in [9.17, 15) is 17.6 Å². The van der Waals surface area contributed by atoms with Gasteiger partial charge in [-0.1, -0.05) is 6.07 Å². The van der Waals surface area contributed by atoms with Crippen molar-refractivity contribution in [2.75, 3.05) is 36.1 Å². The first kappa shape index (κ1) is 23.1. The second-order valence-electron chi connectivity index (χ2n) is 7.33. The molecule has 0 fully saturated rings. The van der Waals surface area contributed by atoms with Crippen LogP contribution in [0.25, 0.3) is 0 Å². The number of rotatable bonds is 7. The zero-order valence-corrected chi connectivity index (χ0v) is 19.0. The Bertz CT molecular complexity index is 1240. The quantitative estimate of drug-likeness (QED) is 0.554. The number of benzene rings is 3. The number of amides is 1. The highest BCUT2D eigenvalue weighted by Gasteiger charge is 2.19. The summed E-state index contributed by atoms with van der Waals surface area (Å²) in [5.74, 6) is -0.480. The molecule has 0 heterocycles. The van der Waals surface area contributed by atoms with Gasteiger partial charge < -0.3 is 15.0 Å². The van der Waals surface area contributed by atoms with Crippen molar-refractivity contribution in [1.82, 2.24) is 0 Å². The number of anilines is 3. The molecule has 7 nitrogen and oxygen atoms in total. The Morgan fingerprint density at radius 1 is 0.969 bits per heavy atom. The summed E-state index contributed by atoms with van der Waals surface area (Å²) in [6, 6.07) is 15.2. The summed E-state index contributed by atoms with van der Waals surface area (Å²) in [6.07, 6.45) is 0. The highest BCUT2D eigenvalue weighted by molar-refractivity contribution is 7.92. The van der Waals surface area contributed by atoms with Crippen LogP contribution in [0.5, 0.6) is 5.75 Å². The minimum atomic E-state index is -3.92. The maximum absolute atomic E-state index is 14.2. The number of ether oxygens (including phenoxy) is 1. The zero-order chi connectivity index (χ0) is 23.5. The van der Waals surface area contributed by atoms with Crippen LogP contribution < -0.4 is 19.7 Å². The molecule has 3 rings (SSSR count). The molecule has 0 spiro atoms. The molecule has 0 unspecified atom stereocenters. The number of nitrogens with one attached hydrogen (secondary N) is 2. The number of aryl methyl sites for hydroxylation is 1. The highest BCUT2D eigenvalue weighted by atomic mass is 32.2. The average Bonchev–Trinajstić information content (AvgIpc) is 2.74. The van der Waals surface area contributed by atoms with Crippen LogP contribution in [0.1, 0.15) is 15.9 Å². The first-order chi connectivity index (χ1) is 15.1. The number of carbonyl (C=O) groups excluding carboxylic acids is 1. The van der Waals surface area contributed by atoms with Crippen LogP contribution in [0, 0.1) is 12.7 Å². The molecule has 168 valence electrons. The van der Waals surface area contributed by atoms with Crippen molar-refractivity contribution in [2.24, 2.45) is 0 Å². The van der Waals surface area contributed by atoms with E-state index in [0.29, 0.717) is 22.7 Å². The van der Waals surface area contributed by atoms with Gasteiger partial charge >= 0.3 is 0 Å². The lowest BCUT2D eigenvalue weighted by atomic mass is 10.1. The van der Waals surface area contributed by atoms with Crippen LogP contribution >= 0.6 is 0 Å². The van der Waals surface area contributed by atoms with E-state index in [1.54, 1.807) is 62.3 Å². The molecule has 0 saturated carbocycles. The summed E-state index contributed by atoms with van der Waals surface area (Å²) in [6.45, 7) is 1.66. The van der Waals surface area contributed by atoms with E-state index in [1.165, 1.54) is 25.3 Å². The van der Waals surface area contributed by atoms with Crippen molar-refractivity contribution in [2.45, 2.75) is 11.8 Å². The normalized spacial score (nSPS) is 11.0. The lowest BCUT2D eigenvalue weighted by Crippen LogP contribution is -2.17. The molecule has 9 heteroatoms. The fraction of sp³-hybridized carbons (Fsp3) is 0.174. The van der Waals surface area contributed by atoms with Crippen molar-refractivity contribution in [1.29, 1.82) is 0 Å². The van der Waals surface area contributed by atoms with Gasteiger partial charge in [-0.25, -0.2) is 12.8 Å². The monoisotopic (exact) mass is 457 g/mol. The van der Waals surface area contributed by atoms with Gasteiger partial charge in [-0.3, -0.25) is 9.52 Å². The Labute approximate surface area is 186 Å². The van der Waals surface area contributed by atoms with Crippen molar-refractivity contribution in [3.05, 3.63) is 77.6 Å². The predicted molar refractivity (Wildman–Crippen MR) is 124 cm³/mol. The second kappa shape index (κ2) is 9.27. The molecular formula is C23H24FN3O4S. The smallest absolute Gasteiger partial charge is 0.262 e. The number of carbonyl (C=O) groups is 1. The third-order valence-electron chi connectivity index (χ3n) is 4.77. The van der Waals surface area contributed by atoms with Crippen LogP contribution in [0.15, 0.2) is 65.6 Å². The lowest BCUT2D eigenvalue weighted by Gasteiger charge is -2.15. The van der Waals surface area contributed by atoms with E-state index >= 15 is 0 Å². The first-order valence-corrected chi connectivity index (χ1v) is 11.1. The van der Waals surface area contributed by atoms with Gasteiger partial charge in [0.15, 0.2) is 0 Å². The Kier molecular flexibility index (Phi) is 6.69. The fourth-order valence-corrected chi connectivity index (χ4v) is 4.38. The first-order valence-electron chi connectivity index (χ1n) is 9.66. The molecule has 32 heavy (non-hydrogen) atoms. The van der Waals surface area contributed by atoms with E-state index in [0.717, 1.165) is 6.07 Å². The Morgan fingerprint density at radius 3 is 2.22 bits per heavy atom. The number of halogens is 1. The molecule has 0 bridgehead atoms. The standard InChI is InChI=1S/C23H24FN3O4S/c1-15-5-7-18(25-23(28)16-6-12-21(27(2)3)20(24)13-16)14-22(15)32(29,30)26-17-8-10-19(31-4)11-9-17/h5-14,26H,1-4H3,(H,25,28). The average molecular weight is 458 g/mol. The van der Waals surface area contributed by atoms with E-state index < -0.39 is 21.7 Å². The van der Waals surface area contributed by atoms with Crippen LogP contribution in [0.2, 0.25) is 0 Å². The topological polar surface area (TPSA) is 87.7 Å². The third-order valence-corrected chi connectivity index (χ3v) is 6.29. The van der Waals surface area contributed by atoms with Crippen LogP contribution in [-0.4, -0.2) is 35.5 Å².